The summed E-state index contributed by atoms with van der Waals surface area (Å²) >= 11 is 2.96. The van der Waals surface area contributed by atoms with E-state index < -0.39 is 7.82 Å². The van der Waals surface area contributed by atoms with E-state index in [4.69, 9.17) is 13.6 Å². The van der Waals surface area contributed by atoms with Gasteiger partial charge in [-0.3, -0.25) is 13.6 Å². The second-order valence-corrected chi connectivity index (χ2v) is 5.14. The number of hydrogen-bond acceptors (Lipinski definition) is 4. The highest BCUT2D eigenvalue weighted by Gasteiger charge is 2.24. The van der Waals surface area contributed by atoms with Gasteiger partial charge in [-0.1, -0.05) is 64.5 Å². The van der Waals surface area contributed by atoms with Crippen LogP contribution in [0.25, 0.3) is 0 Å². The molecular weight excluding hydrogens is 331 g/mol. The summed E-state index contributed by atoms with van der Waals surface area (Å²) in [4.78, 5) is 0. The molecule has 0 bridgehead atoms. The summed E-state index contributed by atoms with van der Waals surface area (Å²) in [6, 6.07) is 12.0. The summed E-state index contributed by atoms with van der Waals surface area (Å²) in [5.74, 6) is 0. The molecule has 1 aromatic rings. The standard InChI is InChI=1S/C7H12BrO4P.C6H6/c1-3-5-10-13(9,12-7-8)11-6-4-2;1-2-4-6-5-3-1/h3-4H,1-2,5-7H2;1-6H. The number of phosphoric ester groups is 1. The average molecular weight is 349 g/mol. The van der Waals surface area contributed by atoms with Crippen LogP contribution in [0.4, 0.5) is 0 Å². The van der Waals surface area contributed by atoms with Crippen LogP contribution >= 0.6 is 23.8 Å². The van der Waals surface area contributed by atoms with E-state index in [1.165, 1.54) is 12.2 Å². The first-order chi connectivity index (χ1) is 9.18. The summed E-state index contributed by atoms with van der Waals surface area (Å²) in [6.45, 7) is 7.06. The van der Waals surface area contributed by atoms with Gasteiger partial charge in [-0.2, -0.15) is 0 Å². The molecule has 6 heteroatoms. The van der Waals surface area contributed by atoms with E-state index in [2.05, 4.69) is 29.1 Å². The van der Waals surface area contributed by atoms with Gasteiger partial charge in [-0.05, 0) is 0 Å². The monoisotopic (exact) mass is 348 g/mol. The molecule has 0 aliphatic carbocycles. The van der Waals surface area contributed by atoms with Crippen molar-refractivity contribution in [2.75, 3.05) is 18.7 Å². The van der Waals surface area contributed by atoms with E-state index >= 15 is 0 Å². The fourth-order valence-corrected chi connectivity index (χ4v) is 2.52. The molecule has 0 atom stereocenters. The lowest BCUT2D eigenvalue weighted by molar-refractivity contribution is 0.149. The van der Waals surface area contributed by atoms with Crippen LogP contribution in [0.1, 0.15) is 0 Å². The van der Waals surface area contributed by atoms with Crippen LogP contribution in [-0.2, 0) is 18.1 Å². The third-order valence-electron chi connectivity index (χ3n) is 1.57. The quantitative estimate of drug-likeness (QED) is 0.392. The third kappa shape index (κ3) is 10.9. The SMILES string of the molecule is C=CCOP(=O)(OCBr)OCC=C.c1ccccc1. The first-order valence-corrected chi connectivity index (χ1v) is 8.08. The molecule has 0 fully saturated rings. The summed E-state index contributed by atoms with van der Waals surface area (Å²) in [5.41, 5.74) is 0.0819. The lowest BCUT2D eigenvalue weighted by Crippen LogP contribution is -1.99. The minimum absolute atomic E-state index is 0.0819. The van der Waals surface area contributed by atoms with Crippen molar-refractivity contribution in [2.24, 2.45) is 0 Å². The maximum absolute atomic E-state index is 11.5. The molecule has 0 heterocycles. The van der Waals surface area contributed by atoms with Crippen LogP contribution < -0.4 is 0 Å². The highest BCUT2D eigenvalue weighted by molar-refractivity contribution is 9.09. The Morgan fingerprint density at radius 2 is 1.26 bits per heavy atom. The van der Waals surface area contributed by atoms with E-state index in [-0.39, 0.29) is 18.7 Å². The van der Waals surface area contributed by atoms with Crippen molar-refractivity contribution in [1.29, 1.82) is 0 Å². The van der Waals surface area contributed by atoms with Crippen LogP contribution in [0.5, 0.6) is 0 Å². The molecule has 0 aliphatic rings. The van der Waals surface area contributed by atoms with Gasteiger partial charge in [0.1, 0.15) is 5.52 Å². The zero-order chi connectivity index (χ0) is 14.4. The smallest absolute Gasteiger partial charge is 0.283 e. The fourth-order valence-electron chi connectivity index (χ4n) is 0.844. The summed E-state index contributed by atoms with van der Waals surface area (Å²) in [6.07, 6.45) is 2.92. The Morgan fingerprint density at radius 1 is 0.895 bits per heavy atom. The van der Waals surface area contributed by atoms with Gasteiger partial charge in [0.05, 0.1) is 13.2 Å². The van der Waals surface area contributed by atoms with Crippen LogP contribution in [0, 0.1) is 0 Å². The van der Waals surface area contributed by atoms with Crippen LogP contribution in [-0.4, -0.2) is 18.7 Å². The lowest BCUT2D eigenvalue weighted by atomic mass is 10.4. The largest absolute Gasteiger partial charge is 0.476 e. The molecule has 106 valence electrons. The molecule has 0 radical (unpaired) electrons. The number of rotatable bonds is 8. The first kappa shape index (κ1) is 18.3. The van der Waals surface area contributed by atoms with Crippen molar-refractivity contribution < 1.29 is 18.1 Å². The number of benzene rings is 1. The van der Waals surface area contributed by atoms with E-state index in [1.807, 2.05) is 36.4 Å². The van der Waals surface area contributed by atoms with Gasteiger partial charge in [0.25, 0.3) is 0 Å². The zero-order valence-electron chi connectivity index (χ0n) is 10.6. The lowest BCUT2D eigenvalue weighted by Gasteiger charge is -2.14. The van der Waals surface area contributed by atoms with Crippen LogP contribution in [0.2, 0.25) is 0 Å². The molecule has 1 aromatic carbocycles. The molecule has 4 nitrogen and oxygen atoms in total. The molecule has 19 heavy (non-hydrogen) atoms. The van der Waals surface area contributed by atoms with Gasteiger partial charge in [-0.15, -0.1) is 13.2 Å². The maximum atomic E-state index is 11.5. The molecule has 1 rings (SSSR count). The number of phosphoric acid groups is 1. The zero-order valence-corrected chi connectivity index (χ0v) is 13.1. The van der Waals surface area contributed by atoms with Crippen molar-refractivity contribution in [1.82, 2.24) is 0 Å². The highest BCUT2D eigenvalue weighted by Crippen LogP contribution is 2.49. The Balaban J connectivity index is 0.000000443. The molecule has 0 aromatic heterocycles. The normalized spacial score (nSPS) is 10.2. The molecule has 0 spiro atoms. The Bertz CT molecular complexity index is 341. The summed E-state index contributed by atoms with van der Waals surface area (Å²) in [7, 11) is -3.44. The molecule has 0 N–H and O–H groups in total. The number of hydrogen-bond donors (Lipinski definition) is 0. The van der Waals surface area contributed by atoms with Gasteiger partial charge >= 0.3 is 7.82 Å². The highest BCUT2D eigenvalue weighted by atomic mass is 79.9. The Labute approximate surface area is 122 Å². The predicted octanol–water partition coefficient (Wildman–Crippen LogP) is 4.56. The van der Waals surface area contributed by atoms with Crippen molar-refractivity contribution in [2.45, 2.75) is 0 Å². The minimum Gasteiger partial charge on any atom is -0.283 e. The van der Waals surface area contributed by atoms with Gasteiger partial charge < -0.3 is 0 Å². The molecule has 0 saturated carbocycles. The Hall–Kier alpha value is -0.710. The van der Waals surface area contributed by atoms with Crippen LogP contribution in [0.3, 0.4) is 0 Å². The van der Waals surface area contributed by atoms with E-state index in [0.29, 0.717) is 0 Å². The van der Waals surface area contributed by atoms with E-state index in [9.17, 15) is 4.57 Å². The molecule has 0 amide bonds. The fraction of sp³-hybridized carbons (Fsp3) is 0.231. The predicted molar refractivity (Wildman–Crippen MR) is 81.2 cm³/mol. The van der Waals surface area contributed by atoms with Gasteiger partial charge in [0, 0.05) is 0 Å². The summed E-state index contributed by atoms with van der Waals surface area (Å²) < 4.78 is 26.0. The van der Waals surface area contributed by atoms with Gasteiger partial charge in [0.15, 0.2) is 0 Å². The molecule has 0 saturated heterocycles. The topological polar surface area (TPSA) is 44.8 Å². The third-order valence-corrected chi connectivity index (χ3v) is 3.53. The maximum Gasteiger partial charge on any atom is 0.476 e. The second-order valence-electron chi connectivity index (χ2n) is 3.01. The van der Waals surface area contributed by atoms with Crippen molar-refractivity contribution in [3.05, 3.63) is 61.7 Å². The van der Waals surface area contributed by atoms with E-state index in [0.717, 1.165) is 0 Å². The Morgan fingerprint density at radius 3 is 1.53 bits per heavy atom. The van der Waals surface area contributed by atoms with Crippen molar-refractivity contribution in [3.63, 3.8) is 0 Å². The van der Waals surface area contributed by atoms with Crippen molar-refractivity contribution >= 4 is 23.8 Å². The average Bonchev–Trinajstić information content (AvgIpc) is 2.46. The first-order valence-electron chi connectivity index (χ1n) is 5.50. The van der Waals surface area contributed by atoms with E-state index in [1.54, 1.807) is 0 Å². The number of halogens is 1. The summed E-state index contributed by atoms with van der Waals surface area (Å²) in [5, 5.41) is 0. The molecule has 0 unspecified atom stereocenters. The second kappa shape index (κ2) is 12.3. The number of alkyl halides is 1. The molecule has 0 aliphatic heterocycles. The van der Waals surface area contributed by atoms with Crippen LogP contribution in [0.15, 0.2) is 61.7 Å². The minimum atomic E-state index is -3.44. The van der Waals surface area contributed by atoms with Gasteiger partial charge in [0.2, 0.25) is 0 Å². The Kier molecular flexibility index (Phi) is 11.9. The van der Waals surface area contributed by atoms with Gasteiger partial charge in [-0.25, -0.2) is 4.57 Å². The molecular formula is C13H18BrO4P. The van der Waals surface area contributed by atoms with Crippen molar-refractivity contribution in [3.8, 4) is 0 Å².